The van der Waals surface area contributed by atoms with Crippen molar-refractivity contribution in [1.82, 2.24) is 10.3 Å². The molecular weight excluding hydrogens is 356 g/mol. The van der Waals surface area contributed by atoms with E-state index in [0.29, 0.717) is 5.92 Å². The molecule has 0 aromatic carbocycles. The van der Waals surface area contributed by atoms with Crippen LogP contribution in [0.15, 0.2) is 65.6 Å². The maximum absolute atomic E-state index is 4.71. The van der Waals surface area contributed by atoms with E-state index in [-0.39, 0.29) is 0 Å². The molecule has 0 saturated carbocycles. The lowest BCUT2D eigenvalue weighted by molar-refractivity contribution is 0.446. The van der Waals surface area contributed by atoms with Crippen molar-refractivity contribution in [2.24, 2.45) is 10.9 Å². The quantitative estimate of drug-likeness (QED) is 0.441. The predicted molar refractivity (Wildman–Crippen MR) is 127 cm³/mol. The Kier molecular flexibility index (Phi) is 9.42. The summed E-state index contributed by atoms with van der Waals surface area (Å²) in [4.78, 5) is 11.7. The number of hydrogen-bond acceptors (Lipinski definition) is 4. The summed E-state index contributed by atoms with van der Waals surface area (Å²) in [6.07, 6.45) is 17.7. The van der Waals surface area contributed by atoms with Crippen LogP contribution in [0.4, 0.5) is 5.82 Å². The van der Waals surface area contributed by atoms with Gasteiger partial charge in [-0.3, -0.25) is 4.99 Å². The molecule has 29 heavy (non-hydrogen) atoms. The van der Waals surface area contributed by atoms with Gasteiger partial charge in [0.25, 0.3) is 0 Å². The van der Waals surface area contributed by atoms with E-state index >= 15 is 0 Å². The molecule has 1 unspecified atom stereocenters. The molecule has 0 amide bonds. The van der Waals surface area contributed by atoms with Crippen LogP contribution in [0.1, 0.15) is 51.2 Å². The second-order valence-corrected chi connectivity index (χ2v) is 7.51. The zero-order valence-electron chi connectivity index (χ0n) is 18.5. The van der Waals surface area contributed by atoms with Gasteiger partial charge in [0.2, 0.25) is 0 Å². The van der Waals surface area contributed by atoms with Crippen LogP contribution < -0.4 is 10.2 Å². The van der Waals surface area contributed by atoms with E-state index in [9.17, 15) is 0 Å². The molecule has 1 saturated heterocycles. The average molecular weight is 393 g/mol. The molecule has 1 N–H and O–H groups in total. The fraction of sp³-hybridized carbons (Fsp3) is 0.440. The Morgan fingerprint density at radius 2 is 2.17 bits per heavy atom. The van der Waals surface area contributed by atoms with Gasteiger partial charge in [0, 0.05) is 54.9 Å². The number of piperidine rings is 1. The largest absolute Gasteiger partial charge is 0.385 e. The minimum Gasteiger partial charge on any atom is -0.385 e. The van der Waals surface area contributed by atoms with Gasteiger partial charge in [0.15, 0.2) is 0 Å². The molecule has 1 aromatic rings. The fourth-order valence-electron chi connectivity index (χ4n) is 3.36. The Morgan fingerprint density at radius 1 is 1.38 bits per heavy atom. The Balaban J connectivity index is 2.06. The zero-order chi connectivity index (χ0) is 21.1. The highest BCUT2D eigenvalue weighted by Crippen LogP contribution is 2.27. The van der Waals surface area contributed by atoms with E-state index in [1.54, 1.807) is 0 Å². The van der Waals surface area contributed by atoms with E-state index < -0.39 is 0 Å². The lowest BCUT2D eigenvalue weighted by Crippen LogP contribution is -2.39. The number of pyridine rings is 1. The lowest BCUT2D eigenvalue weighted by Gasteiger charge is -2.35. The zero-order valence-corrected chi connectivity index (χ0v) is 18.5. The molecule has 1 atom stereocenters. The number of aliphatic imine (C=N–C) groups is 1. The van der Waals surface area contributed by atoms with Gasteiger partial charge in [-0.2, -0.15) is 0 Å². The van der Waals surface area contributed by atoms with Gasteiger partial charge >= 0.3 is 0 Å². The standard InChI is InChI=1S/C25H36N4/c1-6-8-9-10-11-15-26-22(5)23-13-12-17-29(19-23)25-24(18-28-21(4)7-2)20(3)14-16-27-25/h7-11,14,16,18,23,26H,5-6,12-13,15,17,19H2,1-4H3/b9-8-,11-10+,21-7+,28-18?. The molecule has 1 aliphatic heterocycles. The van der Waals surface area contributed by atoms with Crippen LogP contribution in [0.25, 0.3) is 0 Å². The number of nitrogens with one attached hydrogen (secondary N) is 1. The normalized spacial score (nSPS) is 18.3. The minimum absolute atomic E-state index is 0.424. The predicted octanol–water partition coefficient (Wildman–Crippen LogP) is 5.57. The summed E-state index contributed by atoms with van der Waals surface area (Å²) >= 11 is 0. The van der Waals surface area contributed by atoms with E-state index in [2.05, 4.69) is 66.0 Å². The molecule has 1 aromatic heterocycles. The molecule has 0 bridgehead atoms. The van der Waals surface area contributed by atoms with Gasteiger partial charge < -0.3 is 10.2 Å². The van der Waals surface area contributed by atoms with Crippen molar-refractivity contribution in [3.05, 3.63) is 71.7 Å². The van der Waals surface area contributed by atoms with E-state index in [0.717, 1.165) is 61.7 Å². The maximum atomic E-state index is 4.71. The fourth-order valence-corrected chi connectivity index (χ4v) is 3.36. The maximum Gasteiger partial charge on any atom is 0.137 e. The molecule has 2 heterocycles. The van der Waals surface area contributed by atoms with Crippen LogP contribution in [0.3, 0.4) is 0 Å². The third kappa shape index (κ3) is 7.04. The van der Waals surface area contributed by atoms with Gasteiger partial charge in [0.05, 0.1) is 0 Å². The van der Waals surface area contributed by atoms with Gasteiger partial charge in [-0.25, -0.2) is 4.98 Å². The van der Waals surface area contributed by atoms with Crippen LogP contribution in [0.2, 0.25) is 0 Å². The topological polar surface area (TPSA) is 40.5 Å². The van der Waals surface area contributed by atoms with Crippen LogP contribution in [0.5, 0.6) is 0 Å². The third-order valence-corrected chi connectivity index (χ3v) is 5.28. The van der Waals surface area contributed by atoms with Crippen molar-refractivity contribution in [1.29, 1.82) is 0 Å². The Bertz CT molecular complexity index is 786. The molecule has 2 rings (SSSR count). The summed E-state index contributed by atoms with van der Waals surface area (Å²) in [5, 5.41) is 3.48. The highest BCUT2D eigenvalue weighted by atomic mass is 15.2. The molecule has 0 spiro atoms. The monoisotopic (exact) mass is 392 g/mol. The molecule has 0 radical (unpaired) electrons. The second kappa shape index (κ2) is 12.1. The summed E-state index contributed by atoms with van der Waals surface area (Å²) in [7, 11) is 0. The first-order chi connectivity index (χ1) is 14.1. The Labute approximate surface area is 176 Å². The van der Waals surface area contributed by atoms with Crippen LogP contribution >= 0.6 is 0 Å². The van der Waals surface area contributed by atoms with Crippen LogP contribution in [-0.4, -0.2) is 30.8 Å². The molecule has 4 heteroatoms. The molecule has 156 valence electrons. The molecule has 1 fully saturated rings. The molecule has 4 nitrogen and oxygen atoms in total. The first-order valence-electron chi connectivity index (χ1n) is 10.7. The number of anilines is 1. The number of aromatic nitrogens is 1. The SMILES string of the molecule is C=C(NC/C=C/C=C\CC)C1CCCN(c2nccc(C)c2C=N/C(C)=C/C)C1. The first-order valence-corrected chi connectivity index (χ1v) is 10.7. The number of aryl methyl sites for hydroxylation is 1. The van der Waals surface area contributed by atoms with Gasteiger partial charge in [0.1, 0.15) is 5.82 Å². The van der Waals surface area contributed by atoms with Crippen molar-refractivity contribution in [3.8, 4) is 0 Å². The minimum atomic E-state index is 0.424. The number of hydrogen-bond donors (Lipinski definition) is 1. The number of allylic oxidation sites excluding steroid dienone is 5. The summed E-state index contributed by atoms with van der Waals surface area (Å²) in [5.41, 5.74) is 4.44. The second-order valence-electron chi connectivity index (χ2n) is 7.51. The molecular formula is C25H36N4. The van der Waals surface area contributed by atoms with Crippen molar-refractivity contribution in [2.45, 2.75) is 47.0 Å². The van der Waals surface area contributed by atoms with Crippen molar-refractivity contribution >= 4 is 12.0 Å². The highest BCUT2D eigenvalue weighted by Gasteiger charge is 2.24. The highest BCUT2D eigenvalue weighted by molar-refractivity contribution is 5.89. The molecule has 0 aliphatic carbocycles. The van der Waals surface area contributed by atoms with Gasteiger partial charge in [-0.05, 0) is 51.7 Å². The number of rotatable bonds is 9. The van der Waals surface area contributed by atoms with Gasteiger partial charge in [-0.1, -0.05) is 43.9 Å². The first kappa shape index (κ1) is 22.7. The molecule has 1 aliphatic rings. The Morgan fingerprint density at radius 3 is 2.93 bits per heavy atom. The van der Waals surface area contributed by atoms with Crippen molar-refractivity contribution in [2.75, 3.05) is 24.5 Å². The van der Waals surface area contributed by atoms with Crippen LogP contribution in [0, 0.1) is 12.8 Å². The van der Waals surface area contributed by atoms with Crippen molar-refractivity contribution < 1.29 is 0 Å². The van der Waals surface area contributed by atoms with Crippen molar-refractivity contribution in [3.63, 3.8) is 0 Å². The van der Waals surface area contributed by atoms with Gasteiger partial charge in [-0.15, -0.1) is 0 Å². The summed E-state index contributed by atoms with van der Waals surface area (Å²) < 4.78 is 0. The average Bonchev–Trinajstić information content (AvgIpc) is 2.74. The lowest BCUT2D eigenvalue weighted by atomic mass is 9.94. The van der Waals surface area contributed by atoms with Crippen LogP contribution in [-0.2, 0) is 0 Å². The van der Waals surface area contributed by atoms with E-state index in [1.807, 2.05) is 32.3 Å². The number of nitrogens with zero attached hydrogens (tertiary/aromatic N) is 3. The summed E-state index contributed by atoms with van der Waals surface area (Å²) in [6, 6.07) is 2.05. The third-order valence-electron chi connectivity index (χ3n) is 5.28. The van der Waals surface area contributed by atoms with E-state index in [1.165, 1.54) is 5.56 Å². The summed E-state index contributed by atoms with van der Waals surface area (Å²) in [6.45, 7) is 15.4. The van der Waals surface area contributed by atoms with E-state index in [4.69, 9.17) is 4.98 Å². The smallest absolute Gasteiger partial charge is 0.137 e. The Hall–Kier alpha value is -2.62. The summed E-state index contributed by atoms with van der Waals surface area (Å²) in [5.74, 6) is 1.45.